The van der Waals surface area contributed by atoms with Crippen molar-refractivity contribution < 1.29 is 4.79 Å². The van der Waals surface area contributed by atoms with E-state index < -0.39 is 0 Å². The van der Waals surface area contributed by atoms with Gasteiger partial charge < -0.3 is 15.6 Å². The van der Waals surface area contributed by atoms with Crippen LogP contribution >= 0.6 is 0 Å². The molecule has 1 saturated heterocycles. The average Bonchev–Trinajstić information content (AvgIpc) is 2.77. The molecule has 3 rings (SSSR count). The van der Waals surface area contributed by atoms with Crippen LogP contribution in [0.3, 0.4) is 0 Å². The molecular formula is C17H22N4O2. The van der Waals surface area contributed by atoms with E-state index in [9.17, 15) is 9.59 Å². The summed E-state index contributed by atoms with van der Waals surface area (Å²) in [4.78, 5) is 33.5. The summed E-state index contributed by atoms with van der Waals surface area (Å²) in [5.41, 5.74) is 7.65. The minimum Gasteiger partial charge on any atom is -0.341 e. The minimum absolute atomic E-state index is 0.0525. The molecule has 2 aromatic rings. The predicted molar refractivity (Wildman–Crippen MR) is 89.1 cm³/mol. The van der Waals surface area contributed by atoms with Crippen molar-refractivity contribution in [2.75, 3.05) is 13.1 Å². The molecule has 23 heavy (non-hydrogen) atoms. The number of likely N-dealkylation sites (tertiary alicyclic amines) is 1. The standard InChI is InChI=1S/C17H22N4O2/c18-12-5-3-4-10-21(11-12)16(22)9-8-15-17(23)20-14-7-2-1-6-13(14)19-15/h1-2,6-7,12H,3-5,8-11,18H2,(H,20,23). The second-order valence-corrected chi connectivity index (χ2v) is 6.13. The van der Waals surface area contributed by atoms with Crippen molar-refractivity contribution in [2.45, 2.75) is 38.1 Å². The molecular weight excluding hydrogens is 292 g/mol. The summed E-state index contributed by atoms with van der Waals surface area (Å²) in [6, 6.07) is 7.46. The summed E-state index contributed by atoms with van der Waals surface area (Å²) < 4.78 is 0. The highest BCUT2D eigenvalue weighted by atomic mass is 16.2. The molecule has 0 aliphatic carbocycles. The van der Waals surface area contributed by atoms with Crippen molar-refractivity contribution in [1.29, 1.82) is 0 Å². The Hall–Kier alpha value is -2.21. The third-order valence-electron chi connectivity index (χ3n) is 4.31. The lowest BCUT2D eigenvalue weighted by Gasteiger charge is -2.22. The summed E-state index contributed by atoms with van der Waals surface area (Å²) in [5.74, 6) is 0.0525. The largest absolute Gasteiger partial charge is 0.341 e. The number of amides is 1. The van der Waals surface area contributed by atoms with Gasteiger partial charge in [-0.05, 0) is 25.0 Å². The van der Waals surface area contributed by atoms with E-state index in [1.165, 1.54) is 0 Å². The van der Waals surface area contributed by atoms with Crippen LogP contribution in [0.1, 0.15) is 31.4 Å². The van der Waals surface area contributed by atoms with Gasteiger partial charge >= 0.3 is 0 Å². The number of aryl methyl sites for hydroxylation is 1. The molecule has 122 valence electrons. The van der Waals surface area contributed by atoms with Gasteiger partial charge in [-0.25, -0.2) is 4.98 Å². The third kappa shape index (κ3) is 3.76. The molecule has 0 radical (unpaired) electrons. The van der Waals surface area contributed by atoms with Gasteiger partial charge in [-0.3, -0.25) is 9.59 Å². The van der Waals surface area contributed by atoms with Crippen molar-refractivity contribution >= 4 is 16.9 Å². The minimum atomic E-state index is -0.218. The summed E-state index contributed by atoms with van der Waals surface area (Å²) in [5, 5.41) is 0. The van der Waals surface area contributed by atoms with Gasteiger partial charge in [-0.2, -0.15) is 0 Å². The van der Waals surface area contributed by atoms with Crippen LogP contribution in [0.15, 0.2) is 29.1 Å². The zero-order chi connectivity index (χ0) is 16.2. The Bertz CT molecular complexity index is 756. The second-order valence-electron chi connectivity index (χ2n) is 6.13. The van der Waals surface area contributed by atoms with Crippen molar-refractivity contribution in [3.05, 3.63) is 40.3 Å². The zero-order valence-electron chi connectivity index (χ0n) is 13.1. The van der Waals surface area contributed by atoms with E-state index in [-0.39, 0.29) is 17.5 Å². The van der Waals surface area contributed by atoms with E-state index in [0.717, 1.165) is 31.3 Å². The lowest BCUT2D eigenvalue weighted by molar-refractivity contribution is -0.131. The smallest absolute Gasteiger partial charge is 0.270 e. The maximum absolute atomic E-state index is 12.4. The lowest BCUT2D eigenvalue weighted by Crippen LogP contribution is -2.40. The topological polar surface area (TPSA) is 92.1 Å². The van der Waals surface area contributed by atoms with Crippen LogP contribution in [0.25, 0.3) is 11.0 Å². The van der Waals surface area contributed by atoms with Crippen molar-refractivity contribution in [3.8, 4) is 0 Å². The van der Waals surface area contributed by atoms with Crippen LogP contribution in [0.4, 0.5) is 0 Å². The molecule has 1 aliphatic rings. The first-order chi connectivity index (χ1) is 11.1. The van der Waals surface area contributed by atoms with Crippen LogP contribution in [0, 0.1) is 0 Å². The quantitative estimate of drug-likeness (QED) is 0.890. The van der Waals surface area contributed by atoms with E-state index in [2.05, 4.69) is 9.97 Å². The van der Waals surface area contributed by atoms with E-state index >= 15 is 0 Å². The number of nitrogens with zero attached hydrogens (tertiary/aromatic N) is 2. The number of aromatic nitrogens is 2. The predicted octanol–water partition coefficient (Wildman–Crippen LogP) is 1.20. The number of fused-ring (bicyclic) bond motifs is 1. The number of para-hydroxylation sites is 2. The molecule has 6 nitrogen and oxygen atoms in total. The van der Waals surface area contributed by atoms with Crippen LogP contribution in [-0.2, 0) is 11.2 Å². The Labute approximate surface area is 134 Å². The number of H-pyrrole nitrogens is 1. The Balaban J connectivity index is 1.69. The molecule has 0 bridgehead atoms. The van der Waals surface area contributed by atoms with Crippen LogP contribution < -0.4 is 11.3 Å². The van der Waals surface area contributed by atoms with Crippen molar-refractivity contribution in [1.82, 2.24) is 14.9 Å². The molecule has 6 heteroatoms. The SMILES string of the molecule is NC1CCCCN(C(=O)CCc2nc3ccccc3[nH]c2=O)C1. The summed E-state index contributed by atoms with van der Waals surface area (Å²) >= 11 is 0. The van der Waals surface area contributed by atoms with Gasteiger partial charge in [0.1, 0.15) is 5.69 Å². The highest BCUT2D eigenvalue weighted by Gasteiger charge is 2.20. The number of nitrogens with two attached hydrogens (primary N) is 1. The van der Waals surface area contributed by atoms with Gasteiger partial charge in [0.25, 0.3) is 5.56 Å². The zero-order valence-corrected chi connectivity index (χ0v) is 13.1. The van der Waals surface area contributed by atoms with Gasteiger partial charge in [0, 0.05) is 32.0 Å². The van der Waals surface area contributed by atoms with Gasteiger partial charge in [0.05, 0.1) is 11.0 Å². The number of nitrogens with one attached hydrogen (secondary N) is 1. The summed E-state index contributed by atoms with van der Waals surface area (Å²) in [7, 11) is 0. The number of aromatic amines is 1. The van der Waals surface area contributed by atoms with Gasteiger partial charge in [0.15, 0.2) is 0 Å². The fraction of sp³-hybridized carbons (Fsp3) is 0.471. The molecule has 1 aromatic heterocycles. The second kappa shape index (κ2) is 6.91. The molecule has 2 heterocycles. The van der Waals surface area contributed by atoms with E-state index in [0.29, 0.717) is 30.6 Å². The molecule has 0 saturated carbocycles. The number of hydrogen-bond donors (Lipinski definition) is 2. The first-order valence-corrected chi connectivity index (χ1v) is 8.15. The van der Waals surface area contributed by atoms with Crippen LogP contribution in [0.2, 0.25) is 0 Å². The number of rotatable bonds is 3. The Morgan fingerprint density at radius 2 is 2.17 bits per heavy atom. The van der Waals surface area contributed by atoms with Crippen molar-refractivity contribution in [2.24, 2.45) is 5.73 Å². The van der Waals surface area contributed by atoms with E-state index in [1.807, 2.05) is 29.2 Å². The molecule has 1 aliphatic heterocycles. The molecule has 0 spiro atoms. The van der Waals surface area contributed by atoms with Gasteiger partial charge in [-0.1, -0.05) is 18.6 Å². The van der Waals surface area contributed by atoms with Crippen molar-refractivity contribution in [3.63, 3.8) is 0 Å². The first-order valence-electron chi connectivity index (χ1n) is 8.15. The first kappa shape index (κ1) is 15.7. The Kier molecular flexibility index (Phi) is 4.71. The monoisotopic (exact) mass is 314 g/mol. The normalized spacial score (nSPS) is 18.8. The Morgan fingerprint density at radius 1 is 1.35 bits per heavy atom. The van der Waals surface area contributed by atoms with Crippen LogP contribution in [0.5, 0.6) is 0 Å². The number of benzene rings is 1. The molecule has 1 atom stereocenters. The summed E-state index contributed by atoms with van der Waals surface area (Å²) in [6.45, 7) is 1.37. The molecule has 1 fully saturated rings. The summed E-state index contributed by atoms with van der Waals surface area (Å²) in [6.07, 6.45) is 3.67. The third-order valence-corrected chi connectivity index (χ3v) is 4.31. The van der Waals surface area contributed by atoms with Gasteiger partial charge in [-0.15, -0.1) is 0 Å². The van der Waals surface area contributed by atoms with E-state index in [1.54, 1.807) is 0 Å². The highest BCUT2D eigenvalue weighted by Crippen LogP contribution is 2.12. The molecule has 1 amide bonds. The van der Waals surface area contributed by atoms with Crippen LogP contribution in [-0.4, -0.2) is 39.9 Å². The fourth-order valence-corrected chi connectivity index (χ4v) is 3.02. The number of carbonyl (C=O) groups excluding carboxylic acids is 1. The van der Waals surface area contributed by atoms with Gasteiger partial charge in [0.2, 0.25) is 5.91 Å². The molecule has 1 unspecified atom stereocenters. The number of carbonyl (C=O) groups is 1. The number of hydrogen-bond acceptors (Lipinski definition) is 4. The Morgan fingerprint density at radius 3 is 3.04 bits per heavy atom. The molecule has 1 aromatic carbocycles. The maximum atomic E-state index is 12.4. The molecule has 3 N–H and O–H groups in total. The average molecular weight is 314 g/mol. The highest BCUT2D eigenvalue weighted by molar-refractivity contribution is 5.77. The van der Waals surface area contributed by atoms with E-state index in [4.69, 9.17) is 5.73 Å². The lowest BCUT2D eigenvalue weighted by atomic mass is 10.1. The maximum Gasteiger partial charge on any atom is 0.270 e. The fourth-order valence-electron chi connectivity index (χ4n) is 3.02.